The van der Waals surface area contributed by atoms with Gasteiger partial charge in [0.2, 0.25) is 17.6 Å². The van der Waals surface area contributed by atoms with Gasteiger partial charge in [0.15, 0.2) is 11.5 Å². The van der Waals surface area contributed by atoms with Gasteiger partial charge in [-0.05, 0) is 20.4 Å². The molecule has 2 rings (SSSR count). The highest BCUT2D eigenvalue weighted by molar-refractivity contribution is 6.10. The monoisotopic (exact) mass is 393 g/mol. The fourth-order valence-electron chi connectivity index (χ4n) is 3.20. The molecule has 8 nitrogen and oxygen atoms in total. The summed E-state index contributed by atoms with van der Waals surface area (Å²) in [5.74, 6) is 0.735. The molecule has 0 bridgehead atoms. The molecule has 0 unspecified atom stereocenters. The third kappa shape index (κ3) is 4.49. The predicted octanol–water partition coefficient (Wildman–Crippen LogP) is 1.84. The molecule has 0 spiro atoms. The highest BCUT2D eigenvalue weighted by atomic mass is 16.5. The fourth-order valence-corrected chi connectivity index (χ4v) is 3.20. The molecule has 1 heterocycles. The van der Waals surface area contributed by atoms with E-state index >= 15 is 0 Å². The first-order valence-electron chi connectivity index (χ1n) is 9.41. The zero-order chi connectivity index (χ0) is 20.9. The number of anilines is 1. The standard InChI is InChI=1S/C20H31N3O5/c1-7-22-8-10-23(11-9-22)19(25)20(2,3)18(24)21-14-12-15(26-4)17(28-6)16(13-14)27-5/h12-13H,7-11H2,1-6H3,(H,21,24). The summed E-state index contributed by atoms with van der Waals surface area (Å²) in [4.78, 5) is 29.9. The summed E-state index contributed by atoms with van der Waals surface area (Å²) in [6.45, 7) is 9.28. The molecule has 0 saturated carbocycles. The van der Waals surface area contributed by atoms with Crippen LogP contribution in [0.5, 0.6) is 17.2 Å². The predicted molar refractivity (Wildman–Crippen MR) is 107 cm³/mol. The normalized spacial score (nSPS) is 15.1. The Labute approximate surface area is 166 Å². The third-order valence-corrected chi connectivity index (χ3v) is 5.13. The second-order valence-electron chi connectivity index (χ2n) is 7.22. The Kier molecular flexibility index (Phi) is 7.12. The Morgan fingerprint density at radius 2 is 1.54 bits per heavy atom. The van der Waals surface area contributed by atoms with Crippen LogP contribution in [-0.4, -0.2) is 75.7 Å². The lowest BCUT2D eigenvalue weighted by Gasteiger charge is -2.37. The number of carbonyl (C=O) groups excluding carboxylic acids is 2. The Morgan fingerprint density at radius 3 is 1.96 bits per heavy atom. The summed E-state index contributed by atoms with van der Waals surface area (Å²) in [7, 11) is 4.53. The maximum atomic E-state index is 13.0. The van der Waals surface area contributed by atoms with Crippen LogP contribution in [-0.2, 0) is 9.59 Å². The van der Waals surface area contributed by atoms with Gasteiger partial charge in [-0.3, -0.25) is 9.59 Å². The number of likely N-dealkylation sites (N-methyl/N-ethyl adjacent to an activating group) is 1. The number of methoxy groups -OCH3 is 3. The zero-order valence-corrected chi connectivity index (χ0v) is 17.6. The van der Waals surface area contributed by atoms with Crippen LogP contribution in [0.25, 0.3) is 0 Å². The van der Waals surface area contributed by atoms with E-state index in [1.807, 2.05) is 0 Å². The molecule has 0 aliphatic carbocycles. The second kappa shape index (κ2) is 9.14. The van der Waals surface area contributed by atoms with Crippen molar-refractivity contribution in [3.63, 3.8) is 0 Å². The van der Waals surface area contributed by atoms with E-state index in [1.54, 1.807) is 30.9 Å². The van der Waals surface area contributed by atoms with E-state index in [2.05, 4.69) is 17.1 Å². The highest BCUT2D eigenvalue weighted by Crippen LogP contribution is 2.40. The largest absolute Gasteiger partial charge is 0.493 e. The summed E-state index contributed by atoms with van der Waals surface area (Å²) in [6.07, 6.45) is 0. The molecule has 28 heavy (non-hydrogen) atoms. The van der Waals surface area contributed by atoms with Gasteiger partial charge < -0.3 is 29.3 Å². The molecule has 1 saturated heterocycles. The molecular weight excluding hydrogens is 362 g/mol. The Hall–Kier alpha value is -2.48. The van der Waals surface area contributed by atoms with Crippen molar-refractivity contribution >= 4 is 17.5 Å². The van der Waals surface area contributed by atoms with Gasteiger partial charge in [-0.1, -0.05) is 6.92 Å². The first kappa shape index (κ1) is 21.8. The molecule has 1 aromatic carbocycles. The van der Waals surface area contributed by atoms with E-state index in [0.29, 0.717) is 36.0 Å². The van der Waals surface area contributed by atoms with E-state index in [4.69, 9.17) is 14.2 Å². The van der Waals surface area contributed by atoms with E-state index in [-0.39, 0.29) is 11.8 Å². The number of hydrogen-bond donors (Lipinski definition) is 1. The van der Waals surface area contributed by atoms with Gasteiger partial charge in [-0.15, -0.1) is 0 Å². The number of benzene rings is 1. The molecule has 1 fully saturated rings. The number of amides is 2. The van der Waals surface area contributed by atoms with Crippen molar-refractivity contribution in [2.45, 2.75) is 20.8 Å². The van der Waals surface area contributed by atoms with Crippen LogP contribution < -0.4 is 19.5 Å². The van der Waals surface area contributed by atoms with Crippen molar-refractivity contribution in [2.75, 3.05) is 59.4 Å². The topological polar surface area (TPSA) is 80.3 Å². The number of nitrogens with one attached hydrogen (secondary N) is 1. The molecule has 1 N–H and O–H groups in total. The van der Waals surface area contributed by atoms with Crippen molar-refractivity contribution in [1.29, 1.82) is 0 Å². The maximum Gasteiger partial charge on any atom is 0.239 e. The van der Waals surface area contributed by atoms with Crippen LogP contribution in [0.15, 0.2) is 12.1 Å². The van der Waals surface area contributed by atoms with Gasteiger partial charge >= 0.3 is 0 Å². The molecular formula is C20H31N3O5. The molecule has 1 aromatic rings. The smallest absolute Gasteiger partial charge is 0.239 e. The molecule has 1 aliphatic rings. The van der Waals surface area contributed by atoms with E-state index in [0.717, 1.165) is 19.6 Å². The first-order valence-corrected chi connectivity index (χ1v) is 9.41. The van der Waals surface area contributed by atoms with Gasteiger partial charge in [0, 0.05) is 44.0 Å². The van der Waals surface area contributed by atoms with Crippen LogP contribution in [0, 0.1) is 5.41 Å². The number of carbonyl (C=O) groups is 2. The van der Waals surface area contributed by atoms with Gasteiger partial charge in [-0.2, -0.15) is 0 Å². The van der Waals surface area contributed by atoms with Crippen LogP contribution in [0.3, 0.4) is 0 Å². The highest BCUT2D eigenvalue weighted by Gasteiger charge is 2.40. The lowest BCUT2D eigenvalue weighted by atomic mass is 9.89. The van der Waals surface area contributed by atoms with Crippen molar-refractivity contribution in [1.82, 2.24) is 9.80 Å². The summed E-state index contributed by atoms with van der Waals surface area (Å²) < 4.78 is 15.9. The number of nitrogens with zero attached hydrogens (tertiary/aromatic N) is 2. The van der Waals surface area contributed by atoms with Crippen molar-refractivity contribution in [3.8, 4) is 17.2 Å². The van der Waals surface area contributed by atoms with Crippen LogP contribution in [0.4, 0.5) is 5.69 Å². The maximum absolute atomic E-state index is 13.0. The molecule has 156 valence electrons. The molecule has 1 aliphatic heterocycles. The molecule has 2 amide bonds. The van der Waals surface area contributed by atoms with Crippen LogP contribution in [0.1, 0.15) is 20.8 Å². The van der Waals surface area contributed by atoms with Crippen LogP contribution in [0.2, 0.25) is 0 Å². The Bertz CT molecular complexity index is 687. The van der Waals surface area contributed by atoms with E-state index < -0.39 is 5.41 Å². The van der Waals surface area contributed by atoms with Gasteiger partial charge in [0.1, 0.15) is 5.41 Å². The first-order chi connectivity index (χ1) is 13.3. The zero-order valence-electron chi connectivity index (χ0n) is 17.6. The average Bonchev–Trinajstić information content (AvgIpc) is 2.72. The minimum atomic E-state index is -1.20. The quantitative estimate of drug-likeness (QED) is 0.712. The van der Waals surface area contributed by atoms with Crippen molar-refractivity contribution in [3.05, 3.63) is 12.1 Å². The lowest BCUT2D eigenvalue weighted by Crippen LogP contribution is -2.54. The molecule has 0 radical (unpaired) electrons. The third-order valence-electron chi connectivity index (χ3n) is 5.13. The van der Waals surface area contributed by atoms with E-state index in [1.165, 1.54) is 21.3 Å². The van der Waals surface area contributed by atoms with Gasteiger partial charge in [0.25, 0.3) is 0 Å². The van der Waals surface area contributed by atoms with Gasteiger partial charge in [0.05, 0.1) is 21.3 Å². The molecule has 0 aromatic heterocycles. The molecule has 8 heteroatoms. The lowest BCUT2D eigenvalue weighted by molar-refractivity contribution is -0.147. The summed E-state index contributed by atoms with van der Waals surface area (Å²) in [6, 6.07) is 3.28. The number of rotatable bonds is 7. The summed E-state index contributed by atoms with van der Waals surface area (Å²) >= 11 is 0. The minimum absolute atomic E-state index is 0.173. The second-order valence-corrected chi connectivity index (χ2v) is 7.22. The fraction of sp³-hybridized carbons (Fsp3) is 0.600. The minimum Gasteiger partial charge on any atom is -0.493 e. The summed E-state index contributed by atoms with van der Waals surface area (Å²) in [5, 5.41) is 2.81. The number of hydrogen-bond acceptors (Lipinski definition) is 6. The van der Waals surface area contributed by atoms with Gasteiger partial charge in [-0.25, -0.2) is 0 Å². The number of ether oxygens (including phenoxy) is 3. The average molecular weight is 393 g/mol. The SMILES string of the molecule is CCN1CCN(C(=O)C(C)(C)C(=O)Nc2cc(OC)c(OC)c(OC)c2)CC1. The van der Waals surface area contributed by atoms with Crippen LogP contribution >= 0.6 is 0 Å². The van der Waals surface area contributed by atoms with Crippen molar-refractivity contribution < 1.29 is 23.8 Å². The Balaban J connectivity index is 2.15. The molecule has 0 atom stereocenters. The number of piperazine rings is 1. The van der Waals surface area contributed by atoms with Crippen molar-refractivity contribution in [2.24, 2.45) is 5.41 Å². The summed E-state index contributed by atoms with van der Waals surface area (Å²) in [5.41, 5.74) is -0.731. The van der Waals surface area contributed by atoms with E-state index in [9.17, 15) is 9.59 Å². The Morgan fingerprint density at radius 1 is 1.00 bits per heavy atom.